The molecular weight excluding hydrogens is 330 g/mol. The van der Waals surface area contributed by atoms with Gasteiger partial charge >= 0.3 is 0 Å². The molecule has 2 rings (SSSR count). The highest BCUT2D eigenvalue weighted by Gasteiger charge is 2.22. The summed E-state index contributed by atoms with van der Waals surface area (Å²) in [5.74, 6) is -0.283. The van der Waals surface area contributed by atoms with Crippen LogP contribution >= 0.6 is 11.6 Å². The van der Waals surface area contributed by atoms with Gasteiger partial charge < -0.3 is 10.1 Å². The molecule has 0 bridgehead atoms. The molecule has 1 N–H and O–H groups in total. The summed E-state index contributed by atoms with van der Waals surface area (Å²) in [6.45, 7) is 7.12. The molecule has 23 heavy (non-hydrogen) atoms. The lowest BCUT2D eigenvalue weighted by molar-refractivity contribution is -0.122. The van der Waals surface area contributed by atoms with Crippen LogP contribution in [0.2, 0.25) is 5.02 Å². The Labute approximate surface area is 138 Å². The Morgan fingerprint density at radius 3 is 2.65 bits per heavy atom. The number of nitrogens with zero attached hydrogens (tertiary/aromatic N) is 3. The van der Waals surface area contributed by atoms with Crippen molar-refractivity contribution in [3.63, 3.8) is 0 Å². The van der Waals surface area contributed by atoms with Crippen LogP contribution in [0.25, 0.3) is 0 Å². The molecule has 0 aliphatic carbocycles. The van der Waals surface area contributed by atoms with Gasteiger partial charge in [-0.25, -0.2) is 8.78 Å². The van der Waals surface area contributed by atoms with Crippen molar-refractivity contribution in [2.45, 2.75) is 32.9 Å². The third-order valence-corrected chi connectivity index (χ3v) is 4.17. The summed E-state index contributed by atoms with van der Waals surface area (Å²) in [5.41, 5.74) is -0.128. The fourth-order valence-corrected chi connectivity index (χ4v) is 2.73. The third-order valence-electron chi connectivity index (χ3n) is 3.70. The second-order valence-corrected chi connectivity index (χ2v) is 6.00. The van der Waals surface area contributed by atoms with Crippen molar-refractivity contribution in [1.82, 2.24) is 20.0 Å². The SMILES string of the molecule is Cc1c(Cl)c(C(F)F)nn1CC(=O)NC(C)CN1CCOCC1. The van der Waals surface area contributed by atoms with Crippen molar-refractivity contribution >= 4 is 17.5 Å². The van der Waals surface area contributed by atoms with Gasteiger partial charge in [-0.2, -0.15) is 5.10 Å². The van der Waals surface area contributed by atoms with E-state index in [-0.39, 0.29) is 23.5 Å². The topological polar surface area (TPSA) is 59.4 Å². The van der Waals surface area contributed by atoms with Crippen LogP contribution in [0.5, 0.6) is 0 Å². The molecule has 0 radical (unpaired) electrons. The summed E-state index contributed by atoms with van der Waals surface area (Å²) in [5, 5.41) is 6.48. The molecule has 2 heterocycles. The Bertz CT molecular complexity index is 547. The Morgan fingerprint density at radius 1 is 1.43 bits per heavy atom. The van der Waals surface area contributed by atoms with Gasteiger partial charge in [0.25, 0.3) is 6.43 Å². The lowest BCUT2D eigenvalue weighted by atomic mass is 10.3. The summed E-state index contributed by atoms with van der Waals surface area (Å²) in [4.78, 5) is 14.3. The zero-order valence-corrected chi connectivity index (χ0v) is 13.9. The van der Waals surface area contributed by atoms with Crippen LogP contribution in [0, 0.1) is 6.92 Å². The molecule has 1 aliphatic rings. The standard InChI is InChI=1S/C14H21ClF2N4O2/c1-9(7-20-3-5-23-6-4-20)18-11(22)8-21-10(2)12(15)13(19-21)14(16)17/h9,14H,3-8H2,1-2H3,(H,18,22). The molecule has 0 aromatic carbocycles. The predicted molar refractivity (Wildman–Crippen MR) is 81.8 cm³/mol. The van der Waals surface area contributed by atoms with E-state index in [9.17, 15) is 13.6 Å². The molecule has 0 spiro atoms. The predicted octanol–water partition coefficient (Wildman–Crippen LogP) is 1.62. The fourth-order valence-electron chi connectivity index (χ4n) is 2.51. The van der Waals surface area contributed by atoms with E-state index in [1.54, 1.807) is 6.92 Å². The number of hydrogen-bond acceptors (Lipinski definition) is 4. The number of nitrogens with one attached hydrogen (secondary N) is 1. The molecule has 1 aromatic heterocycles. The van der Waals surface area contributed by atoms with Gasteiger partial charge in [0.2, 0.25) is 5.91 Å². The van der Waals surface area contributed by atoms with Crippen LogP contribution < -0.4 is 5.32 Å². The second kappa shape index (κ2) is 8.03. The molecule has 1 aromatic rings. The highest BCUT2D eigenvalue weighted by Crippen LogP contribution is 2.28. The van der Waals surface area contributed by atoms with Crippen LogP contribution in [0.3, 0.4) is 0 Å². The van der Waals surface area contributed by atoms with Crippen molar-refractivity contribution in [3.05, 3.63) is 16.4 Å². The zero-order chi connectivity index (χ0) is 17.0. The molecule has 1 unspecified atom stereocenters. The number of carbonyl (C=O) groups is 1. The van der Waals surface area contributed by atoms with Gasteiger partial charge in [0.05, 0.1) is 23.9 Å². The monoisotopic (exact) mass is 350 g/mol. The maximum absolute atomic E-state index is 12.8. The van der Waals surface area contributed by atoms with Crippen LogP contribution in [0.4, 0.5) is 8.78 Å². The average Bonchev–Trinajstić information content (AvgIpc) is 2.76. The number of aromatic nitrogens is 2. The van der Waals surface area contributed by atoms with Gasteiger partial charge in [-0.1, -0.05) is 11.6 Å². The highest BCUT2D eigenvalue weighted by molar-refractivity contribution is 6.31. The summed E-state index contributed by atoms with van der Waals surface area (Å²) in [6.07, 6.45) is -2.76. The molecular formula is C14H21ClF2N4O2. The average molecular weight is 351 g/mol. The molecule has 1 aliphatic heterocycles. The summed E-state index contributed by atoms with van der Waals surface area (Å²) in [7, 11) is 0. The molecule has 1 atom stereocenters. The van der Waals surface area contributed by atoms with Gasteiger partial charge in [0, 0.05) is 25.7 Å². The van der Waals surface area contributed by atoms with E-state index >= 15 is 0 Å². The number of halogens is 3. The minimum atomic E-state index is -2.76. The molecule has 0 saturated carbocycles. The maximum Gasteiger partial charge on any atom is 0.283 e. The van der Waals surface area contributed by atoms with E-state index in [1.165, 1.54) is 4.68 Å². The number of carbonyl (C=O) groups excluding carboxylic acids is 1. The minimum Gasteiger partial charge on any atom is -0.379 e. The first-order chi connectivity index (χ1) is 10.9. The van der Waals surface area contributed by atoms with E-state index in [2.05, 4.69) is 15.3 Å². The minimum absolute atomic E-state index is 0.0542. The Kier molecular flexibility index (Phi) is 6.32. The van der Waals surface area contributed by atoms with E-state index < -0.39 is 12.1 Å². The van der Waals surface area contributed by atoms with Crippen LogP contribution in [-0.4, -0.2) is 59.5 Å². The van der Waals surface area contributed by atoms with Crippen molar-refractivity contribution < 1.29 is 18.3 Å². The van der Waals surface area contributed by atoms with Gasteiger partial charge in [-0.15, -0.1) is 0 Å². The number of morpholine rings is 1. The molecule has 6 nitrogen and oxygen atoms in total. The normalized spacial score (nSPS) is 17.5. The fraction of sp³-hybridized carbons (Fsp3) is 0.714. The first-order valence-corrected chi connectivity index (χ1v) is 7.86. The van der Waals surface area contributed by atoms with Crippen molar-refractivity contribution in [2.75, 3.05) is 32.8 Å². The number of rotatable bonds is 6. The molecule has 130 valence electrons. The smallest absolute Gasteiger partial charge is 0.283 e. The van der Waals surface area contributed by atoms with Gasteiger partial charge in [0.15, 0.2) is 0 Å². The lowest BCUT2D eigenvalue weighted by Crippen LogP contribution is -2.46. The van der Waals surface area contributed by atoms with Crippen molar-refractivity contribution in [2.24, 2.45) is 0 Å². The Balaban J connectivity index is 1.87. The van der Waals surface area contributed by atoms with E-state index in [0.717, 1.165) is 19.6 Å². The number of hydrogen-bond donors (Lipinski definition) is 1. The van der Waals surface area contributed by atoms with Crippen molar-refractivity contribution in [1.29, 1.82) is 0 Å². The molecule has 1 amide bonds. The summed E-state index contributed by atoms with van der Waals surface area (Å²) < 4.78 is 32.0. The van der Waals surface area contributed by atoms with Crippen LogP contribution in [0.15, 0.2) is 0 Å². The van der Waals surface area contributed by atoms with Crippen LogP contribution in [-0.2, 0) is 16.1 Å². The number of amides is 1. The van der Waals surface area contributed by atoms with Gasteiger partial charge in [-0.05, 0) is 13.8 Å². The molecule has 1 saturated heterocycles. The number of ether oxygens (including phenoxy) is 1. The maximum atomic E-state index is 12.8. The van der Waals surface area contributed by atoms with Crippen molar-refractivity contribution in [3.8, 4) is 0 Å². The van der Waals surface area contributed by atoms with E-state index in [4.69, 9.17) is 16.3 Å². The van der Waals surface area contributed by atoms with E-state index in [0.29, 0.717) is 18.9 Å². The summed E-state index contributed by atoms with van der Waals surface area (Å²) in [6, 6.07) is -0.0542. The Morgan fingerprint density at radius 2 is 2.09 bits per heavy atom. The third kappa shape index (κ3) is 4.86. The van der Waals surface area contributed by atoms with Gasteiger partial charge in [-0.3, -0.25) is 14.4 Å². The summed E-state index contributed by atoms with van der Waals surface area (Å²) >= 11 is 5.81. The highest BCUT2D eigenvalue weighted by atomic mass is 35.5. The Hall–Kier alpha value is -1.25. The second-order valence-electron chi connectivity index (χ2n) is 5.62. The van der Waals surface area contributed by atoms with Crippen LogP contribution in [0.1, 0.15) is 24.7 Å². The quantitative estimate of drug-likeness (QED) is 0.847. The van der Waals surface area contributed by atoms with Gasteiger partial charge in [0.1, 0.15) is 12.2 Å². The first kappa shape index (κ1) is 18.1. The lowest BCUT2D eigenvalue weighted by Gasteiger charge is -2.29. The number of alkyl halides is 2. The molecule has 1 fully saturated rings. The first-order valence-electron chi connectivity index (χ1n) is 7.49. The largest absolute Gasteiger partial charge is 0.379 e. The van der Waals surface area contributed by atoms with E-state index in [1.807, 2.05) is 6.92 Å². The zero-order valence-electron chi connectivity index (χ0n) is 13.2. The molecule has 9 heteroatoms.